The maximum Gasteiger partial charge on any atom is 0.414 e. The largest absolute Gasteiger partial charge is 0.443 e. The van der Waals surface area contributed by atoms with E-state index in [1.807, 2.05) is 10.7 Å². The second-order valence-corrected chi connectivity index (χ2v) is 28.4. The van der Waals surface area contributed by atoms with E-state index >= 15 is 4.39 Å². The lowest BCUT2D eigenvalue weighted by molar-refractivity contribution is 0.0588. The van der Waals surface area contributed by atoms with Crippen molar-refractivity contribution in [3.8, 4) is 11.4 Å². The predicted molar refractivity (Wildman–Crippen MR) is 192 cm³/mol. The Bertz CT molecular complexity index is 1540. The fourth-order valence-electron chi connectivity index (χ4n) is 5.67. The van der Waals surface area contributed by atoms with Gasteiger partial charge in [0, 0.05) is 53.1 Å². The summed E-state index contributed by atoms with van der Waals surface area (Å²) in [6, 6.07) is 7.38. The molecule has 1 aromatic carbocycles. The molecular formula is C35H57FN4O4Si2. The summed E-state index contributed by atoms with van der Waals surface area (Å²) >= 11 is 0. The van der Waals surface area contributed by atoms with Gasteiger partial charge >= 0.3 is 6.09 Å². The molecule has 2 heterocycles. The van der Waals surface area contributed by atoms with E-state index in [1.54, 1.807) is 33.9 Å². The molecule has 0 bridgehead atoms. The maximum absolute atomic E-state index is 15.6. The van der Waals surface area contributed by atoms with Gasteiger partial charge in [-0.1, -0.05) is 53.1 Å². The number of carbonyl (C=O) groups is 1. The van der Waals surface area contributed by atoms with E-state index in [1.165, 1.54) is 22.2 Å². The molecule has 46 heavy (non-hydrogen) atoms. The molecule has 1 amide bonds. The van der Waals surface area contributed by atoms with Crippen LogP contribution in [0.4, 0.5) is 14.9 Å². The highest BCUT2D eigenvalue weighted by molar-refractivity contribution is 6.76. The second kappa shape index (κ2) is 13.6. The van der Waals surface area contributed by atoms with E-state index in [2.05, 4.69) is 57.7 Å². The van der Waals surface area contributed by atoms with Crippen LogP contribution in [0.5, 0.6) is 0 Å². The molecule has 0 fully saturated rings. The highest BCUT2D eigenvalue weighted by atomic mass is 28.3. The molecule has 8 nitrogen and oxygen atoms in total. The molecule has 0 atom stereocenters. The molecular weight excluding hydrogens is 616 g/mol. The first-order valence-corrected chi connectivity index (χ1v) is 24.1. The highest BCUT2D eigenvalue weighted by Crippen LogP contribution is 2.41. The summed E-state index contributed by atoms with van der Waals surface area (Å²) in [6.45, 7) is 26.2. The van der Waals surface area contributed by atoms with Gasteiger partial charge in [0.05, 0.1) is 16.9 Å². The average Bonchev–Trinajstić information content (AvgIpc) is 3.42. The number of ether oxygens (including phenoxy) is 3. The van der Waals surface area contributed by atoms with Gasteiger partial charge in [-0.25, -0.2) is 13.9 Å². The third-order valence-electron chi connectivity index (χ3n) is 8.53. The molecule has 0 saturated heterocycles. The Labute approximate surface area is 277 Å². The van der Waals surface area contributed by atoms with Crippen LogP contribution in [0, 0.1) is 11.2 Å². The number of nitrogens with zero attached hydrogens (tertiary/aromatic N) is 4. The molecule has 0 saturated carbocycles. The van der Waals surface area contributed by atoms with Crippen molar-refractivity contribution in [2.45, 2.75) is 124 Å². The molecule has 11 heteroatoms. The molecule has 0 aliphatic heterocycles. The average molecular weight is 673 g/mol. The van der Waals surface area contributed by atoms with Crippen LogP contribution in [-0.4, -0.2) is 62.5 Å². The Morgan fingerprint density at radius 2 is 1.61 bits per heavy atom. The van der Waals surface area contributed by atoms with Crippen molar-refractivity contribution in [2.24, 2.45) is 5.41 Å². The van der Waals surface area contributed by atoms with Crippen molar-refractivity contribution in [3.05, 3.63) is 35.3 Å². The minimum Gasteiger partial charge on any atom is -0.443 e. The number of fused-ring (bicyclic) bond motifs is 2. The topological polar surface area (TPSA) is 70.8 Å². The van der Waals surface area contributed by atoms with Gasteiger partial charge in [-0.3, -0.25) is 4.90 Å². The second-order valence-electron chi connectivity index (χ2n) is 17.2. The number of aromatic nitrogens is 3. The molecule has 256 valence electrons. The summed E-state index contributed by atoms with van der Waals surface area (Å²) in [5, 5.41) is 5.92. The van der Waals surface area contributed by atoms with Crippen LogP contribution in [0.1, 0.15) is 52.3 Å². The fraction of sp³-hybridized carbons (Fsp3) is 0.657. The van der Waals surface area contributed by atoms with E-state index in [0.29, 0.717) is 20.1 Å². The van der Waals surface area contributed by atoms with Crippen LogP contribution in [0.3, 0.4) is 0 Å². The zero-order chi connectivity index (χ0) is 34.2. The van der Waals surface area contributed by atoms with E-state index in [9.17, 15) is 4.79 Å². The van der Waals surface area contributed by atoms with Gasteiger partial charge in [0.25, 0.3) is 0 Å². The first-order valence-electron chi connectivity index (χ1n) is 16.7. The number of hydrogen-bond acceptors (Lipinski definition) is 5. The zero-order valence-corrected chi connectivity index (χ0v) is 32.4. The standard InChI is InChI=1S/C35H57FN4O4Si2/c1-34(2,3)44-33(41)38(6)29-21-28-25(19-27(29)36)20-30(39(28)23-42-15-17-45(7,8)9)32-26-13-14-35(4,5)22-31(26)40(37-32)24-43-16-18-46(10,11)12/h19-21H,13-18,22-24H2,1-12H3. The van der Waals surface area contributed by atoms with Crippen LogP contribution in [0.25, 0.3) is 22.3 Å². The molecule has 0 unspecified atom stereocenters. The first kappa shape index (κ1) is 36.4. The summed E-state index contributed by atoms with van der Waals surface area (Å²) in [7, 11) is -0.979. The van der Waals surface area contributed by atoms with Crippen LogP contribution in [-0.2, 0) is 40.5 Å². The highest BCUT2D eigenvalue weighted by Gasteiger charge is 2.33. The fourth-order valence-corrected chi connectivity index (χ4v) is 7.18. The quantitative estimate of drug-likeness (QED) is 0.142. The van der Waals surface area contributed by atoms with Gasteiger partial charge in [0.2, 0.25) is 0 Å². The monoisotopic (exact) mass is 672 g/mol. The Hall–Kier alpha value is -2.48. The molecule has 0 radical (unpaired) electrons. The number of rotatable bonds is 12. The normalized spacial score (nSPS) is 15.3. The van der Waals surface area contributed by atoms with Crippen LogP contribution in [0.15, 0.2) is 18.2 Å². The summed E-state index contributed by atoms with van der Waals surface area (Å²) in [5.74, 6) is -0.491. The zero-order valence-electron chi connectivity index (χ0n) is 30.4. The van der Waals surface area contributed by atoms with Gasteiger partial charge in [0.1, 0.15) is 30.6 Å². The van der Waals surface area contributed by atoms with Gasteiger partial charge in [0.15, 0.2) is 0 Å². The summed E-state index contributed by atoms with van der Waals surface area (Å²) in [6.07, 6.45) is 2.27. The summed E-state index contributed by atoms with van der Waals surface area (Å²) in [5.41, 5.74) is 4.62. The molecule has 0 N–H and O–H groups in total. The maximum atomic E-state index is 15.6. The van der Waals surface area contributed by atoms with Gasteiger partial charge in [-0.2, -0.15) is 5.10 Å². The van der Waals surface area contributed by atoms with Crippen LogP contribution >= 0.6 is 0 Å². The van der Waals surface area contributed by atoms with Gasteiger partial charge in [-0.15, -0.1) is 0 Å². The van der Waals surface area contributed by atoms with Crippen LogP contribution in [0.2, 0.25) is 51.4 Å². The molecule has 3 aromatic rings. The molecule has 1 aliphatic rings. The van der Waals surface area contributed by atoms with E-state index in [0.717, 1.165) is 60.2 Å². The SMILES string of the molecule is CN(C(=O)OC(C)(C)C)c1cc2c(cc1F)cc(-c1nn(COCC[Si](C)(C)C)c3c1CCC(C)(C)C3)n2COCC[Si](C)(C)C. The van der Waals surface area contributed by atoms with E-state index in [-0.39, 0.29) is 11.1 Å². The van der Waals surface area contributed by atoms with Crippen molar-refractivity contribution in [3.63, 3.8) is 0 Å². The Balaban J connectivity index is 1.80. The van der Waals surface area contributed by atoms with Crippen LogP contribution < -0.4 is 4.90 Å². The van der Waals surface area contributed by atoms with E-state index < -0.39 is 33.7 Å². The lowest BCUT2D eigenvalue weighted by Crippen LogP contribution is -2.34. The molecule has 0 spiro atoms. The molecule has 4 rings (SSSR count). The first-order chi connectivity index (χ1) is 21.1. The predicted octanol–water partition coefficient (Wildman–Crippen LogP) is 9.15. The lowest BCUT2D eigenvalue weighted by Gasteiger charge is -2.30. The number of benzene rings is 1. The van der Waals surface area contributed by atoms with Crippen molar-refractivity contribution < 1.29 is 23.4 Å². The molecule has 2 aromatic heterocycles. The van der Waals surface area contributed by atoms with E-state index in [4.69, 9.17) is 19.3 Å². The number of amides is 1. The van der Waals surface area contributed by atoms with Gasteiger partial charge in [-0.05, 0) is 75.7 Å². The summed E-state index contributed by atoms with van der Waals surface area (Å²) in [4.78, 5) is 14.2. The van der Waals surface area contributed by atoms with Crippen molar-refractivity contribution in [2.75, 3.05) is 25.2 Å². The Morgan fingerprint density at radius 3 is 2.20 bits per heavy atom. The minimum atomic E-state index is -1.30. The Kier molecular flexibility index (Phi) is 10.7. The minimum absolute atomic E-state index is 0.153. The number of hydrogen-bond donors (Lipinski definition) is 0. The van der Waals surface area contributed by atoms with Gasteiger partial charge < -0.3 is 18.8 Å². The van der Waals surface area contributed by atoms with Crippen molar-refractivity contribution >= 4 is 38.8 Å². The number of carbonyl (C=O) groups excluding carboxylic acids is 1. The molecule has 1 aliphatic carbocycles. The summed E-state index contributed by atoms with van der Waals surface area (Å²) < 4.78 is 37.8. The number of anilines is 1. The van der Waals surface area contributed by atoms with Crippen molar-refractivity contribution in [1.29, 1.82) is 0 Å². The third-order valence-corrected chi connectivity index (χ3v) is 11.9. The third kappa shape index (κ3) is 9.32. The number of halogens is 1. The van der Waals surface area contributed by atoms with Crippen molar-refractivity contribution in [1.82, 2.24) is 14.3 Å². The smallest absolute Gasteiger partial charge is 0.414 e. The lowest BCUT2D eigenvalue weighted by atomic mass is 9.76. The Morgan fingerprint density at radius 1 is 1.00 bits per heavy atom.